The topological polar surface area (TPSA) is 58.2 Å². The van der Waals surface area contributed by atoms with Gasteiger partial charge in [0.2, 0.25) is 11.8 Å². The smallest absolute Gasteiger partial charge is 0.216 e. The Morgan fingerprint density at radius 1 is 0.211 bits per heavy atom. The molecule has 71 heavy (non-hydrogen) atoms. The molecule has 0 aromatic rings. The van der Waals surface area contributed by atoms with Gasteiger partial charge < -0.3 is 10.6 Å². The van der Waals surface area contributed by atoms with Gasteiger partial charge in [-0.3, -0.25) is 9.59 Å². The molecule has 0 heterocycles. The van der Waals surface area contributed by atoms with Crippen LogP contribution < -0.4 is 10.6 Å². The Morgan fingerprint density at radius 3 is 0.394 bits per heavy atom. The maximum Gasteiger partial charge on any atom is 0.216 e. The first kappa shape index (κ1) is 59.3. The van der Waals surface area contributed by atoms with E-state index in [1.165, 1.54) is 13.8 Å². The van der Waals surface area contributed by atoms with Crippen molar-refractivity contribution in [2.24, 2.45) is 0 Å². The van der Waals surface area contributed by atoms with Crippen LogP contribution in [0.3, 0.4) is 0 Å². The van der Waals surface area contributed by atoms with Gasteiger partial charge in [-0.25, -0.2) is 0 Å². The van der Waals surface area contributed by atoms with Gasteiger partial charge in [0.1, 0.15) is 0 Å². The van der Waals surface area contributed by atoms with Crippen molar-refractivity contribution in [1.29, 1.82) is 0 Å². The fourth-order valence-electron chi connectivity index (χ4n) is 2.43. The molecule has 0 aromatic heterocycles. The van der Waals surface area contributed by atoms with E-state index in [1.807, 2.05) is 0 Å². The van der Waals surface area contributed by atoms with Crippen LogP contribution in [0.15, 0.2) is 0 Å². The predicted octanol–water partition coefficient (Wildman–Crippen LogP) is 0.774. The normalized spacial score (nSPS) is 4.73. The first-order valence-electron chi connectivity index (χ1n) is 18.9. The SMILES string of the molecule is CC#CC#CC#CC#CC#CC#CC#CC#CC#CC#CC#CC#CC#CC#CC#CC#CC#CC#CC#CC#CC#CC#CC#CC#CC#CC#CC#CC#CC#CC.CC(=O)NCCCNC(C)=O. The molecule has 4 heteroatoms. The van der Waals surface area contributed by atoms with Gasteiger partial charge in [0, 0.05) is 264 Å². The van der Waals surface area contributed by atoms with Crippen molar-refractivity contribution < 1.29 is 9.59 Å². The molecule has 0 atom stereocenters. The van der Waals surface area contributed by atoms with Gasteiger partial charge >= 0.3 is 0 Å². The fourth-order valence-corrected chi connectivity index (χ4v) is 2.43. The zero-order valence-electron chi connectivity index (χ0n) is 37.9. The van der Waals surface area contributed by atoms with Crippen LogP contribution in [0.1, 0.15) is 34.1 Å². The van der Waals surface area contributed by atoms with E-state index in [-0.39, 0.29) is 11.8 Å². The van der Waals surface area contributed by atoms with Crippen LogP contribution in [0.4, 0.5) is 0 Å². The Balaban J connectivity index is 0. The summed E-state index contributed by atoms with van der Waals surface area (Å²) in [6.07, 6.45) is 0.777. The second-order valence-corrected chi connectivity index (χ2v) is 9.82. The number of nitrogens with one attached hydrogen (secondary N) is 2. The molecule has 310 valence electrons. The largest absolute Gasteiger partial charge is 0.356 e. The van der Waals surface area contributed by atoms with E-state index in [0.717, 1.165) is 6.42 Å². The standard InChI is InChI=1S/C60H6.C7H14N2O2/c1-3-5-7-9-11-13-15-17-19-21-23-25-27-29-31-33-35-37-39-41-43-45-47-49-51-53-55-57-59-60-58-56-54-52-50-48-46-44-42-40-38-36-34-32-30-28-26-24-22-20-18-16-14-12-10-8-6-4-2;1-6(10)8-4-3-5-9-7(2)11/h1-2H3;3-5H2,1-2H3,(H,8,10)(H,9,11). The number of carbonyl (C=O) groups excluding carboxylic acids is 2. The van der Waals surface area contributed by atoms with Gasteiger partial charge in [-0.2, -0.15) is 0 Å². The fraction of sp³-hybridized carbons (Fsp3) is 0.104. The highest BCUT2D eigenvalue weighted by molar-refractivity contribution is 5.73. The summed E-state index contributed by atoms with van der Waals surface area (Å²) in [4.78, 5) is 20.7. The van der Waals surface area contributed by atoms with Crippen molar-refractivity contribution in [3.05, 3.63) is 0 Å². The Kier molecular flexibility index (Phi) is 46.9. The maximum atomic E-state index is 10.3. The number of carbonyl (C=O) groups is 2. The Labute approximate surface area is 420 Å². The highest BCUT2D eigenvalue weighted by Crippen LogP contribution is 1.73. The van der Waals surface area contributed by atoms with Crippen molar-refractivity contribution in [2.45, 2.75) is 34.1 Å². The van der Waals surface area contributed by atoms with Crippen molar-refractivity contribution in [2.75, 3.05) is 13.1 Å². The lowest BCUT2D eigenvalue weighted by Gasteiger charge is -2.01. The molecular weight excluding hydrogens is 865 g/mol. The lowest BCUT2D eigenvalue weighted by Crippen LogP contribution is -2.27. The molecule has 4 nitrogen and oxygen atoms in total. The summed E-state index contributed by atoms with van der Waals surface area (Å²) in [5.74, 6) is 146. The Bertz CT molecular complexity index is 3840. The molecule has 0 saturated heterocycles. The van der Waals surface area contributed by atoms with Crippen molar-refractivity contribution in [3.8, 4) is 343 Å². The van der Waals surface area contributed by atoms with Crippen molar-refractivity contribution in [3.63, 3.8) is 0 Å². The molecule has 0 fully saturated rings. The van der Waals surface area contributed by atoms with E-state index in [9.17, 15) is 9.59 Å². The number of amides is 2. The molecule has 0 aliphatic heterocycles. The molecule has 0 radical (unpaired) electrons. The molecule has 0 aromatic carbocycles. The van der Waals surface area contributed by atoms with Gasteiger partial charge in [0.15, 0.2) is 0 Å². The summed E-state index contributed by atoms with van der Waals surface area (Å²) < 4.78 is 0. The van der Waals surface area contributed by atoms with Gasteiger partial charge in [-0.15, -0.1) is 0 Å². The van der Waals surface area contributed by atoms with Crippen LogP contribution in [0, 0.1) is 343 Å². The molecule has 0 unspecified atom stereocenters. The van der Waals surface area contributed by atoms with E-state index in [4.69, 9.17) is 0 Å². The van der Waals surface area contributed by atoms with Crippen LogP contribution in [0.5, 0.6) is 0 Å². The summed E-state index contributed by atoms with van der Waals surface area (Å²) in [5, 5.41) is 5.26. The molecule has 0 rings (SSSR count). The number of hydrogen-bond donors (Lipinski definition) is 2. The summed E-state index contributed by atoms with van der Waals surface area (Å²) in [6, 6.07) is 0. The quantitative estimate of drug-likeness (QED) is 0.325. The van der Waals surface area contributed by atoms with Crippen LogP contribution in [0.25, 0.3) is 0 Å². The lowest BCUT2D eigenvalue weighted by molar-refractivity contribution is -0.119. The first-order valence-corrected chi connectivity index (χ1v) is 18.9. The third-order valence-corrected chi connectivity index (χ3v) is 4.79. The van der Waals surface area contributed by atoms with E-state index >= 15 is 0 Å². The van der Waals surface area contributed by atoms with E-state index in [0.29, 0.717) is 13.1 Å². The highest BCUT2D eigenvalue weighted by atomic mass is 16.2. The van der Waals surface area contributed by atoms with Gasteiger partial charge in [0.05, 0.1) is 0 Å². The monoisotopic (exact) mass is 884 g/mol. The molecule has 0 bridgehead atoms. The summed E-state index contributed by atoms with van der Waals surface area (Å²) in [6.45, 7) is 7.55. The number of hydrogen-bond acceptors (Lipinski definition) is 2. The Hall–Kier alpha value is -13.8. The molecule has 0 spiro atoms. The van der Waals surface area contributed by atoms with E-state index in [2.05, 4.69) is 354 Å². The second-order valence-electron chi connectivity index (χ2n) is 9.82. The first-order chi connectivity index (χ1) is 35.0. The average Bonchev–Trinajstić information content (AvgIpc) is 3.36. The van der Waals surface area contributed by atoms with Crippen LogP contribution in [-0.2, 0) is 9.59 Å². The maximum absolute atomic E-state index is 10.3. The van der Waals surface area contributed by atoms with Crippen molar-refractivity contribution in [1.82, 2.24) is 10.6 Å². The third-order valence-electron chi connectivity index (χ3n) is 4.79. The zero-order valence-corrected chi connectivity index (χ0v) is 37.9. The van der Waals surface area contributed by atoms with Gasteiger partial charge in [-0.05, 0) is 115 Å². The van der Waals surface area contributed by atoms with Crippen LogP contribution >= 0.6 is 0 Å². The van der Waals surface area contributed by atoms with Crippen LogP contribution in [-0.4, -0.2) is 24.9 Å². The second kappa shape index (κ2) is 56.2. The minimum absolute atomic E-state index is 0.0344. The summed E-state index contributed by atoms with van der Waals surface area (Å²) in [5.41, 5.74) is 0. The molecule has 0 aliphatic rings. The molecule has 0 saturated carbocycles. The predicted molar refractivity (Wildman–Crippen MR) is 279 cm³/mol. The van der Waals surface area contributed by atoms with Gasteiger partial charge in [0.25, 0.3) is 0 Å². The van der Waals surface area contributed by atoms with Crippen molar-refractivity contribution >= 4 is 11.8 Å². The third kappa shape index (κ3) is 63.0. The molecule has 2 amide bonds. The lowest BCUT2D eigenvalue weighted by atomic mass is 10.4. The van der Waals surface area contributed by atoms with Crippen LogP contribution in [0.2, 0.25) is 0 Å². The number of rotatable bonds is 4. The average molecular weight is 885 g/mol. The molecule has 2 N–H and O–H groups in total. The van der Waals surface area contributed by atoms with E-state index < -0.39 is 0 Å². The van der Waals surface area contributed by atoms with Gasteiger partial charge in [-0.1, -0.05) is 11.8 Å². The summed E-state index contributed by atoms with van der Waals surface area (Å²) >= 11 is 0. The summed E-state index contributed by atoms with van der Waals surface area (Å²) in [7, 11) is 0. The minimum Gasteiger partial charge on any atom is -0.356 e. The molecular formula is C67H20N2O2. The van der Waals surface area contributed by atoms with E-state index in [1.54, 1.807) is 13.8 Å². The molecule has 0 aliphatic carbocycles. The zero-order chi connectivity index (χ0) is 51.7. The Morgan fingerprint density at radius 2 is 0.310 bits per heavy atom. The minimum atomic E-state index is -0.0344. The highest BCUT2D eigenvalue weighted by Gasteiger charge is 1.91.